The van der Waals surface area contributed by atoms with Crippen LogP contribution in [0.3, 0.4) is 0 Å². The van der Waals surface area contributed by atoms with Crippen LogP contribution in [-0.2, 0) is 9.53 Å². The quantitative estimate of drug-likeness (QED) is 0.627. The standard InChI is InChI=1S/C16H29NO2/c1-13(14-7-6-10-17-12-14)11-16(18)19-15-8-4-2-3-5-9-15/h13-15,17H,2-12H2,1H3. The smallest absolute Gasteiger partial charge is 0.306 e. The van der Waals surface area contributed by atoms with Crippen molar-refractivity contribution in [2.75, 3.05) is 13.1 Å². The normalized spacial score (nSPS) is 27.5. The zero-order chi connectivity index (χ0) is 13.5. The van der Waals surface area contributed by atoms with Crippen molar-refractivity contribution in [3.05, 3.63) is 0 Å². The van der Waals surface area contributed by atoms with Crippen LogP contribution >= 0.6 is 0 Å². The van der Waals surface area contributed by atoms with Gasteiger partial charge < -0.3 is 10.1 Å². The van der Waals surface area contributed by atoms with E-state index in [0.29, 0.717) is 18.3 Å². The van der Waals surface area contributed by atoms with E-state index in [0.717, 1.165) is 25.9 Å². The number of carbonyl (C=O) groups excluding carboxylic acids is 1. The number of piperidine rings is 1. The monoisotopic (exact) mass is 267 g/mol. The van der Waals surface area contributed by atoms with E-state index in [1.807, 2.05) is 0 Å². The molecule has 1 saturated carbocycles. The van der Waals surface area contributed by atoms with Gasteiger partial charge in [0.1, 0.15) is 6.10 Å². The predicted octanol–water partition coefficient (Wildman–Crippen LogP) is 3.28. The Hall–Kier alpha value is -0.570. The molecule has 1 aliphatic carbocycles. The molecule has 0 amide bonds. The SMILES string of the molecule is CC(CC(=O)OC1CCCCCC1)C1CCCNC1. The lowest BCUT2D eigenvalue weighted by molar-refractivity contribution is -0.151. The molecular formula is C16H29NO2. The molecule has 0 spiro atoms. The minimum Gasteiger partial charge on any atom is -0.462 e. The second kappa shape index (κ2) is 7.88. The van der Waals surface area contributed by atoms with Gasteiger partial charge in [0.25, 0.3) is 0 Å². The highest BCUT2D eigenvalue weighted by atomic mass is 16.5. The molecule has 1 N–H and O–H groups in total. The van der Waals surface area contributed by atoms with Gasteiger partial charge in [-0.1, -0.05) is 19.8 Å². The van der Waals surface area contributed by atoms with Crippen molar-refractivity contribution in [1.82, 2.24) is 5.32 Å². The highest BCUT2D eigenvalue weighted by Crippen LogP contribution is 2.25. The summed E-state index contributed by atoms with van der Waals surface area (Å²) in [7, 11) is 0. The average Bonchev–Trinajstić information content (AvgIpc) is 2.68. The van der Waals surface area contributed by atoms with Gasteiger partial charge in [-0.3, -0.25) is 4.79 Å². The third-order valence-electron chi connectivity index (χ3n) is 4.73. The maximum absolute atomic E-state index is 12.0. The number of hydrogen-bond donors (Lipinski definition) is 1. The first-order valence-electron chi connectivity index (χ1n) is 8.16. The first-order valence-corrected chi connectivity index (χ1v) is 8.16. The number of rotatable bonds is 4. The second-order valence-corrected chi connectivity index (χ2v) is 6.39. The summed E-state index contributed by atoms with van der Waals surface area (Å²) in [5.41, 5.74) is 0. The lowest BCUT2D eigenvalue weighted by atomic mass is 9.85. The molecule has 0 aromatic carbocycles. The maximum atomic E-state index is 12.0. The van der Waals surface area contributed by atoms with Crippen LogP contribution in [0.4, 0.5) is 0 Å². The Morgan fingerprint density at radius 1 is 1.16 bits per heavy atom. The Balaban J connectivity index is 1.70. The van der Waals surface area contributed by atoms with E-state index in [1.165, 1.54) is 38.5 Å². The van der Waals surface area contributed by atoms with Gasteiger partial charge in [-0.05, 0) is 63.5 Å². The van der Waals surface area contributed by atoms with Crippen LogP contribution in [-0.4, -0.2) is 25.2 Å². The fraction of sp³-hybridized carbons (Fsp3) is 0.938. The number of hydrogen-bond acceptors (Lipinski definition) is 3. The molecule has 0 aromatic heterocycles. The van der Waals surface area contributed by atoms with Gasteiger partial charge in [0.15, 0.2) is 0 Å². The molecule has 1 heterocycles. The molecule has 1 aliphatic heterocycles. The zero-order valence-electron chi connectivity index (χ0n) is 12.3. The number of carbonyl (C=O) groups is 1. The Morgan fingerprint density at radius 3 is 2.53 bits per heavy atom. The minimum absolute atomic E-state index is 0.0324. The number of esters is 1. The van der Waals surface area contributed by atoms with E-state index < -0.39 is 0 Å². The molecule has 3 heteroatoms. The van der Waals surface area contributed by atoms with Gasteiger partial charge >= 0.3 is 5.97 Å². The molecule has 2 aliphatic rings. The van der Waals surface area contributed by atoms with E-state index in [-0.39, 0.29) is 12.1 Å². The molecule has 1 saturated heterocycles. The van der Waals surface area contributed by atoms with E-state index in [4.69, 9.17) is 4.74 Å². The van der Waals surface area contributed by atoms with Crippen molar-refractivity contribution in [3.63, 3.8) is 0 Å². The molecule has 19 heavy (non-hydrogen) atoms. The molecule has 2 atom stereocenters. The van der Waals surface area contributed by atoms with Crippen LogP contribution in [0, 0.1) is 11.8 Å². The van der Waals surface area contributed by atoms with Crippen LogP contribution in [0.25, 0.3) is 0 Å². The first-order chi connectivity index (χ1) is 9.25. The van der Waals surface area contributed by atoms with Crippen LogP contribution in [0.15, 0.2) is 0 Å². The average molecular weight is 267 g/mol. The summed E-state index contributed by atoms with van der Waals surface area (Å²) in [5, 5.41) is 3.43. The molecule has 2 unspecified atom stereocenters. The summed E-state index contributed by atoms with van der Waals surface area (Å²) in [4.78, 5) is 12.0. The Bertz CT molecular complexity index is 266. The lowest BCUT2D eigenvalue weighted by Crippen LogP contribution is -2.34. The van der Waals surface area contributed by atoms with Gasteiger partial charge in [0.2, 0.25) is 0 Å². The maximum Gasteiger partial charge on any atom is 0.306 e. The third-order valence-corrected chi connectivity index (χ3v) is 4.73. The van der Waals surface area contributed by atoms with E-state index >= 15 is 0 Å². The minimum atomic E-state index is 0.0324. The summed E-state index contributed by atoms with van der Waals surface area (Å²) in [5.74, 6) is 1.13. The van der Waals surface area contributed by atoms with Crippen LogP contribution in [0.2, 0.25) is 0 Å². The highest BCUT2D eigenvalue weighted by Gasteiger charge is 2.24. The van der Waals surface area contributed by atoms with Crippen LogP contribution in [0.1, 0.15) is 64.7 Å². The van der Waals surface area contributed by atoms with Crippen LogP contribution < -0.4 is 5.32 Å². The summed E-state index contributed by atoms with van der Waals surface area (Å²) in [6.45, 7) is 4.40. The molecule has 110 valence electrons. The molecule has 0 bridgehead atoms. The van der Waals surface area contributed by atoms with Crippen molar-refractivity contribution in [1.29, 1.82) is 0 Å². The van der Waals surface area contributed by atoms with Crippen molar-refractivity contribution in [3.8, 4) is 0 Å². The van der Waals surface area contributed by atoms with E-state index in [9.17, 15) is 4.79 Å². The zero-order valence-corrected chi connectivity index (χ0v) is 12.3. The highest BCUT2D eigenvalue weighted by molar-refractivity contribution is 5.69. The van der Waals surface area contributed by atoms with Gasteiger partial charge in [0, 0.05) is 6.42 Å². The van der Waals surface area contributed by atoms with Gasteiger partial charge in [-0.15, -0.1) is 0 Å². The van der Waals surface area contributed by atoms with E-state index in [2.05, 4.69) is 12.2 Å². The van der Waals surface area contributed by atoms with Crippen molar-refractivity contribution in [2.24, 2.45) is 11.8 Å². The fourth-order valence-corrected chi connectivity index (χ4v) is 3.39. The predicted molar refractivity (Wildman–Crippen MR) is 77.0 cm³/mol. The Kier molecular flexibility index (Phi) is 6.15. The van der Waals surface area contributed by atoms with Gasteiger partial charge in [0.05, 0.1) is 0 Å². The molecular weight excluding hydrogens is 238 g/mol. The summed E-state index contributed by atoms with van der Waals surface area (Å²) in [6, 6.07) is 0. The Morgan fingerprint density at radius 2 is 1.89 bits per heavy atom. The molecule has 2 rings (SSSR count). The topological polar surface area (TPSA) is 38.3 Å². The number of ether oxygens (including phenoxy) is 1. The molecule has 0 radical (unpaired) electrons. The molecule has 2 fully saturated rings. The van der Waals surface area contributed by atoms with Gasteiger partial charge in [-0.2, -0.15) is 0 Å². The number of nitrogens with one attached hydrogen (secondary N) is 1. The second-order valence-electron chi connectivity index (χ2n) is 6.39. The Labute approximate surface area is 117 Å². The van der Waals surface area contributed by atoms with Crippen molar-refractivity contribution < 1.29 is 9.53 Å². The summed E-state index contributed by atoms with van der Waals surface area (Å²) < 4.78 is 5.67. The fourth-order valence-electron chi connectivity index (χ4n) is 3.39. The summed E-state index contributed by atoms with van der Waals surface area (Å²) >= 11 is 0. The van der Waals surface area contributed by atoms with Crippen LogP contribution in [0.5, 0.6) is 0 Å². The summed E-state index contributed by atoms with van der Waals surface area (Å²) in [6.07, 6.45) is 10.5. The first kappa shape index (κ1) is 14.8. The lowest BCUT2D eigenvalue weighted by Gasteiger charge is -2.28. The van der Waals surface area contributed by atoms with Gasteiger partial charge in [-0.25, -0.2) is 0 Å². The largest absolute Gasteiger partial charge is 0.462 e. The molecule has 0 aromatic rings. The van der Waals surface area contributed by atoms with Crippen molar-refractivity contribution in [2.45, 2.75) is 70.8 Å². The molecule has 3 nitrogen and oxygen atoms in total. The van der Waals surface area contributed by atoms with Crippen molar-refractivity contribution >= 4 is 5.97 Å². The van der Waals surface area contributed by atoms with E-state index in [1.54, 1.807) is 0 Å². The third kappa shape index (κ3) is 5.13.